The first-order valence-corrected chi connectivity index (χ1v) is 9.02. The number of hydrogen-bond acceptors (Lipinski definition) is 3. The molecular weight excluding hydrogens is 260 g/mol. The summed E-state index contributed by atoms with van der Waals surface area (Å²) in [7, 11) is 2.30. The molecule has 120 valence electrons. The van der Waals surface area contributed by atoms with Gasteiger partial charge < -0.3 is 4.74 Å². The van der Waals surface area contributed by atoms with Crippen LogP contribution in [0.3, 0.4) is 0 Å². The summed E-state index contributed by atoms with van der Waals surface area (Å²) in [6.07, 6.45) is 4.84. The SMILES string of the molecule is C[C@@H]1CC[C@@H]2[C@@H](C1)O[C@H]1[C@H]3[C@@H](CN1C2(C)C)[C@H](C)CN3C. The molecule has 0 N–H and O–H groups in total. The summed E-state index contributed by atoms with van der Waals surface area (Å²) in [5.41, 5.74) is 0.304. The number of likely N-dealkylation sites (N-methyl/N-ethyl adjacent to an activating group) is 1. The maximum atomic E-state index is 6.74. The first kappa shape index (κ1) is 14.5. The first-order valence-electron chi connectivity index (χ1n) is 9.02. The lowest BCUT2D eigenvalue weighted by molar-refractivity contribution is -0.229. The number of nitrogens with zero attached hydrogens (tertiary/aromatic N) is 2. The fourth-order valence-corrected chi connectivity index (χ4v) is 6.00. The molecule has 3 nitrogen and oxygen atoms in total. The van der Waals surface area contributed by atoms with Crippen molar-refractivity contribution in [2.24, 2.45) is 23.7 Å². The van der Waals surface area contributed by atoms with Crippen molar-refractivity contribution < 1.29 is 4.74 Å². The molecule has 1 aliphatic carbocycles. The summed E-state index contributed by atoms with van der Waals surface area (Å²) in [6.45, 7) is 12.3. The topological polar surface area (TPSA) is 15.7 Å². The van der Waals surface area contributed by atoms with Crippen molar-refractivity contribution in [3.8, 4) is 0 Å². The predicted molar refractivity (Wildman–Crippen MR) is 85.0 cm³/mol. The molecule has 4 fully saturated rings. The van der Waals surface area contributed by atoms with Crippen LogP contribution in [0.25, 0.3) is 0 Å². The van der Waals surface area contributed by atoms with Crippen molar-refractivity contribution in [1.82, 2.24) is 9.80 Å². The largest absolute Gasteiger partial charge is 0.358 e. The zero-order chi connectivity index (χ0) is 14.9. The Hall–Kier alpha value is -0.120. The van der Waals surface area contributed by atoms with Gasteiger partial charge in [-0.25, -0.2) is 0 Å². The van der Waals surface area contributed by atoms with E-state index in [1.165, 1.54) is 32.4 Å². The predicted octanol–water partition coefficient (Wildman–Crippen LogP) is 2.81. The zero-order valence-electron chi connectivity index (χ0n) is 14.4. The van der Waals surface area contributed by atoms with Gasteiger partial charge in [-0.2, -0.15) is 0 Å². The molecule has 0 aromatic carbocycles. The first-order chi connectivity index (χ1) is 9.89. The third kappa shape index (κ3) is 1.96. The second-order valence-corrected chi connectivity index (χ2v) is 8.97. The Labute approximate surface area is 130 Å². The molecule has 4 rings (SSSR count). The summed E-state index contributed by atoms with van der Waals surface area (Å²) in [5.74, 6) is 3.18. The normalized spacial score (nSPS) is 53.3. The average molecular weight is 292 g/mol. The van der Waals surface area contributed by atoms with E-state index in [2.05, 4.69) is 44.5 Å². The van der Waals surface area contributed by atoms with Gasteiger partial charge in [-0.3, -0.25) is 9.80 Å². The summed E-state index contributed by atoms with van der Waals surface area (Å²) in [4.78, 5) is 5.30. The molecule has 0 spiro atoms. The van der Waals surface area contributed by atoms with E-state index in [4.69, 9.17) is 4.74 Å². The highest BCUT2D eigenvalue weighted by Gasteiger charge is 2.60. The zero-order valence-corrected chi connectivity index (χ0v) is 14.4. The van der Waals surface area contributed by atoms with E-state index in [-0.39, 0.29) is 0 Å². The van der Waals surface area contributed by atoms with Crippen LogP contribution < -0.4 is 0 Å². The smallest absolute Gasteiger partial charge is 0.127 e. The van der Waals surface area contributed by atoms with Crippen LogP contribution in [0, 0.1) is 23.7 Å². The van der Waals surface area contributed by atoms with Crippen molar-refractivity contribution in [2.75, 3.05) is 20.1 Å². The van der Waals surface area contributed by atoms with E-state index < -0.39 is 0 Å². The molecule has 3 saturated heterocycles. The number of hydrogen-bond donors (Lipinski definition) is 0. The molecule has 3 heterocycles. The Bertz CT molecular complexity index is 423. The van der Waals surface area contributed by atoms with Crippen molar-refractivity contribution in [1.29, 1.82) is 0 Å². The van der Waals surface area contributed by atoms with Gasteiger partial charge in [0.25, 0.3) is 0 Å². The van der Waals surface area contributed by atoms with Gasteiger partial charge in [-0.1, -0.05) is 20.3 Å². The van der Waals surface area contributed by atoms with E-state index in [0.717, 1.165) is 23.7 Å². The molecule has 3 aliphatic heterocycles. The molecule has 0 unspecified atom stereocenters. The Morgan fingerprint density at radius 1 is 1.10 bits per heavy atom. The monoisotopic (exact) mass is 292 g/mol. The van der Waals surface area contributed by atoms with E-state index in [9.17, 15) is 0 Å². The van der Waals surface area contributed by atoms with Crippen molar-refractivity contribution in [2.45, 2.75) is 70.9 Å². The molecule has 0 aromatic heterocycles. The quantitative estimate of drug-likeness (QED) is 0.683. The van der Waals surface area contributed by atoms with E-state index in [1.807, 2.05) is 0 Å². The van der Waals surface area contributed by atoms with Crippen LogP contribution in [-0.4, -0.2) is 53.8 Å². The second-order valence-electron chi connectivity index (χ2n) is 8.97. The lowest BCUT2D eigenvalue weighted by Crippen LogP contribution is -2.65. The van der Waals surface area contributed by atoms with Crippen LogP contribution in [0.15, 0.2) is 0 Å². The van der Waals surface area contributed by atoms with Crippen molar-refractivity contribution >= 4 is 0 Å². The Kier molecular flexibility index (Phi) is 3.23. The second kappa shape index (κ2) is 4.69. The maximum absolute atomic E-state index is 6.74. The number of likely N-dealkylation sites (tertiary alicyclic amines) is 1. The summed E-state index contributed by atoms with van der Waals surface area (Å²) >= 11 is 0. The van der Waals surface area contributed by atoms with Gasteiger partial charge in [-0.05, 0) is 51.5 Å². The van der Waals surface area contributed by atoms with Crippen LogP contribution in [0.5, 0.6) is 0 Å². The molecule has 0 aromatic rings. The Balaban J connectivity index is 1.65. The lowest BCUT2D eigenvalue weighted by Gasteiger charge is -2.56. The molecule has 4 aliphatic rings. The number of fused-ring (bicyclic) bond motifs is 4. The molecule has 0 amide bonds. The van der Waals surface area contributed by atoms with Crippen molar-refractivity contribution in [3.63, 3.8) is 0 Å². The molecule has 21 heavy (non-hydrogen) atoms. The van der Waals surface area contributed by atoms with E-state index in [0.29, 0.717) is 23.9 Å². The van der Waals surface area contributed by atoms with Gasteiger partial charge in [0.15, 0.2) is 0 Å². The van der Waals surface area contributed by atoms with Crippen LogP contribution in [-0.2, 0) is 4.74 Å². The number of rotatable bonds is 0. The summed E-state index contributed by atoms with van der Waals surface area (Å²) in [6, 6.07) is 0.623. The van der Waals surface area contributed by atoms with Gasteiger partial charge in [0.2, 0.25) is 0 Å². The van der Waals surface area contributed by atoms with Crippen LogP contribution >= 0.6 is 0 Å². The van der Waals surface area contributed by atoms with Crippen LogP contribution in [0.4, 0.5) is 0 Å². The fourth-order valence-electron chi connectivity index (χ4n) is 6.00. The summed E-state index contributed by atoms with van der Waals surface area (Å²) in [5, 5.41) is 0. The molecule has 0 bridgehead atoms. The van der Waals surface area contributed by atoms with Crippen LogP contribution in [0.2, 0.25) is 0 Å². The lowest BCUT2D eigenvalue weighted by atomic mass is 9.70. The van der Waals surface area contributed by atoms with Gasteiger partial charge in [0.05, 0.1) is 12.1 Å². The van der Waals surface area contributed by atoms with Gasteiger partial charge in [-0.15, -0.1) is 0 Å². The third-order valence-corrected chi connectivity index (χ3v) is 7.28. The number of ether oxygens (including phenoxy) is 1. The molecule has 3 heteroatoms. The van der Waals surface area contributed by atoms with Gasteiger partial charge in [0, 0.05) is 24.5 Å². The average Bonchev–Trinajstić information content (AvgIpc) is 2.90. The highest BCUT2D eigenvalue weighted by atomic mass is 16.5. The van der Waals surface area contributed by atoms with E-state index in [1.54, 1.807) is 0 Å². The molecule has 7 atom stereocenters. The standard InChI is InChI=1S/C18H32N2O/c1-11-6-7-14-15(8-11)21-17-16-13(12(2)9-19(16)5)10-20(17)18(14,3)4/h11-17H,6-10H2,1-5H3/t11-,12-,13+,14-,15-,16-,17+/m1/s1. The van der Waals surface area contributed by atoms with E-state index >= 15 is 0 Å². The molecular formula is C18H32N2O. The fraction of sp³-hybridized carbons (Fsp3) is 1.00. The summed E-state index contributed by atoms with van der Waals surface area (Å²) < 4.78 is 6.74. The highest BCUT2D eigenvalue weighted by molar-refractivity contribution is 5.10. The van der Waals surface area contributed by atoms with Gasteiger partial charge >= 0.3 is 0 Å². The third-order valence-electron chi connectivity index (χ3n) is 7.28. The molecule has 1 saturated carbocycles. The van der Waals surface area contributed by atoms with Crippen LogP contribution in [0.1, 0.15) is 47.0 Å². The van der Waals surface area contributed by atoms with Gasteiger partial charge in [0.1, 0.15) is 6.23 Å². The minimum atomic E-state index is 0.304. The minimum Gasteiger partial charge on any atom is -0.358 e. The Morgan fingerprint density at radius 2 is 1.86 bits per heavy atom. The minimum absolute atomic E-state index is 0.304. The Morgan fingerprint density at radius 3 is 2.62 bits per heavy atom. The molecule has 0 radical (unpaired) electrons. The highest BCUT2D eigenvalue weighted by Crippen LogP contribution is 2.51. The maximum Gasteiger partial charge on any atom is 0.127 e. The van der Waals surface area contributed by atoms with Crippen molar-refractivity contribution in [3.05, 3.63) is 0 Å².